The van der Waals surface area contributed by atoms with Gasteiger partial charge in [-0.2, -0.15) is 0 Å². The van der Waals surface area contributed by atoms with Crippen molar-refractivity contribution < 1.29 is 14.3 Å². The Bertz CT molecular complexity index is 1330. The van der Waals surface area contributed by atoms with Crippen molar-refractivity contribution in [3.8, 4) is 11.5 Å². The van der Waals surface area contributed by atoms with Gasteiger partial charge in [0.05, 0.1) is 11.0 Å². The van der Waals surface area contributed by atoms with E-state index < -0.39 is 6.04 Å². The number of carbonyl (C=O) groups is 1. The minimum absolute atomic E-state index is 0.123. The average Bonchev–Trinajstić information content (AvgIpc) is 3.43. The number of fused-ring (bicyclic) bond motifs is 2. The molecule has 1 aliphatic heterocycles. The van der Waals surface area contributed by atoms with Crippen molar-refractivity contribution in [2.45, 2.75) is 25.9 Å². The molecule has 0 fully saturated rings. The molecule has 0 radical (unpaired) electrons. The van der Waals surface area contributed by atoms with E-state index in [1.54, 1.807) is 12.1 Å². The molecular formula is C25H21Cl2N3O3. The van der Waals surface area contributed by atoms with E-state index in [0.29, 0.717) is 34.5 Å². The number of carbonyl (C=O) groups excluding carboxylic acids is 1. The Labute approximate surface area is 201 Å². The van der Waals surface area contributed by atoms with Gasteiger partial charge in [-0.05, 0) is 54.4 Å². The van der Waals surface area contributed by atoms with Crippen LogP contribution in [0.3, 0.4) is 0 Å². The lowest BCUT2D eigenvalue weighted by Crippen LogP contribution is -2.31. The second-order valence-corrected chi connectivity index (χ2v) is 8.66. The van der Waals surface area contributed by atoms with Gasteiger partial charge in [-0.3, -0.25) is 4.79 Å². The van der Waals surface area contributed by atoms with Crippen LogP contribution in [0.15, 0.2) is 60.7 Å². The van der Waals surface area contributed by atoms with Gasteiger partial charge < -0.3 is 19.4 Å². The molecule has 33 heavy (non-hydrogen) atoms. The first-order valence-corrected chi connectivity index (χ1v) is 11.3. The van der Waals surface area contributed by atoms with Crippen molar-refractivity contribution in [3.63, 3.8) is 0 Å². The van der Waals surface area contributed by atoms with Crippen LogP contribution in [-0.4, -0.2) is 22.3 Å². The van der Waals surface area contributed by atoms with Gasteiger partial charge in [0, 0.05) is 23.0 Å². The van der Waals surface area contributed by atoms with Crippen molar-refractivity contribution in [1.82, 2.24) is 14.9 Å². The third-order valence-electron chi connectivity index (χ3n) is 5.74. The minimum atomic E-state index is -0.498. The SMILES string of the molecule is C[C@H](C(=O)NCc1ccc2c(c1)OCO2)n1c(Cc2c(Cl)cccc2Cl)nc2ccccc21. The topological polar surface area (TPSA) is 65.4 Å². The number of imidazole rings is 1. The number of nitrogens with zero attached hydrogens (tertiary/aromatic N) is 2. The van der Waals surface area contributed by atoms with E-state index >= 15 is 0 Å². The summed E-state index contributed by atoms with van der Waals surface area (Å²) in [6, 6.07) is 18.3. The summed E-state index contributed by atoms with van der Waals surface area (Å²) < 4.78 is 12.7. The molecule has 0 saturated heterocycles. The summed E-state index contributed by atoms with van der Waals surface area (Å²) in [5.41, 5.74) is 3.40. The molecule has 1 aromatic heterocycles. The first-order chi connectivity index (χ1) is 16.0. The van der Waals surface area contributed by atoms with Gasteiger partial charge in [-0.25, -0.2) is 4.98 Å². The van der Waals surface area contributed by atoms with Crippen LogP contribution in [0.4, 0.5) is 0 Å². The minimum Gasteiger partial charge on any atom is -0.454 e. The van der Waals surface area contributed by atoms with Crippen LogP contribution in [0.2, 0.25) is 10.0 Å². The third-order valence-corrected chi connectivity index (χ3v) is 6.44. The van der Waals surface area contributed by atoms with Crippen LogP contribution in [-0.2, 0) is 17.8 Å². The molecule has 0 spiro atoms. The predicted octanol–water partition coefficient (Wildman–Crippen LogP) is 5.54. The molecule has 3 aromatic carbocycles. The average molecular weight is 482 g/mol. The Kier molecular flexibility index (Phi) is 5.87. The van der Waals surface area contributed by atoms with E-state index in [0.717, 1.165) is 28.0 Å². The van der Waals surface area contributed by atoms with Gasteiger partial charge in [0.1, 0.15) is 11.9 Å². The summed E-state index contributed by atoms with van der Waals surface area (Å²) in [4.78, 5) is 17.9. The number of para-hydroxylation sites is 2. The fourth-order valence-electron chi connectivity index (χ4n) is 4.02. The molecule has 168 valence electrons. The molecule has 4 aromatic rings. The van der Waals surface area contributed by atoms with Crippen LogP contribution in [0.25, 0.3) is 11.0 Å². The van der Waals surface area contributed by atoms with E-state index in [-0.39, 0.29) is 12.7 Å². The Hall–Kier alpha value is -3.22. The largest absolute Gasteiger partial charge is 0.454 e. The molecule has 1 aliphatic rings. The molecule has 1 N–H and O–H groups in total. The highest BCUT2D eigenvalue weighted by Gasteiger charge is 2.23. The fourth-order valence-corrected chi connectivity index (χ4v) is 4.55. The maximum Gasteiger partial charge on any atom is 0.243 e. The molecule has 6 nitrogen and oxygen atoms in total. The molecule has 0 bridgehead atoms. The van der Waals surface area contributed by atoms with Gasteiger partial charge in [0.15, 0.2) is 11.5 Å². The van der Waals surface area contributed by atoms with Crippen molar-refractivity contribution in [2.24, 2.45) is 0 Å². The van der Waals surface area contributed by atoms with Crippen LogP contribution in [0.1, 0.15) is 29.9 Å². The highest BCUT2D eigenvalue weighted by atomic mass is 35.5. The lowest BCUT2D eigenvalue weighted by atomic mass is 10.1. The first-order valence-electron chi connectivity index (χ1n) is 10.6. The number of halogens is 2. The van der Waals surface area contributed by atoms with E-state index in [4.69, 9.17) is 37.7 Å². The highest BCUT2D eigenvalue weighted by molar-refractivity contribution is 6.36. The molecule has 2 heterocycles. The smallest absolute Gasteiger partial charge is 0.243 e. The maximum absolute atomic E-state index is 13.2. The number of hydrogen-bond donors (Lipinski definition) is 1. The van der Waals surface area contributed by atoms with Gasteiger partial charge in [-0.15, -0.1) is 0 Å². The van der Waals surface area contributed by atoms with Gasteiger partial charge in [0.25, 0.3) is 0 Å². The maximum atomic E-state index is 13.2. The zero-order valence-corrected chi connectivity index (χ0v) is 19.4. The van der Waals surface area contributed by atoms with Crippen LogP contribution >= 0.6 is 23.2 Å². The fraction of sp³-hybridized carbons (Fsp3) is 0.200. The summed E-state index contributed by atoms with van der Waals surface area (Å²) in [6.07, 6.45) is 0.410. The summed E-state index contributed by atoms with van der Waals surface area (Å²) in [7, 11) is 0. The molecule has 5 rings (SSSR count). The molecule has 0 aliphatic carbocycles. The Balaban J connectivity index is 1.42. The summed E-state index contributed by atoms with van der Waals surface area (Å²) in [5.74, 6) is 2.00. The van der Waals surface area contributed by atoms with Crippen LogP contribution in [0, 0.1) is 0 Å². The Morgan fingerprint density at radius 2 is 1.82 bits per heavy atom. The van der Waals surface area contributed by atoms with Crippen molar-refractivity contribution in [1.29, 1.82) is 0 Å². The van der Waals surface area contributed by atoms with E-state index in [2.05, 4.69) is 5.32 Å². The third kappa shape index (κ3) is 4.24. The number of rotatable bonds is 6. The number of nitrogens with one attached hydrogen (secondary N) is 1. The van der Waals surface area contributed by atoms with Gasteiger partial charge >= 0.3 is 0 Å². The Morgan fingerprint density at radius 1 is 1.06 bits per heavy atom. The number of amides is 1. The lowest BCUT2D eigenvalue weighted by Gasteiger charge is -2.18. The standard InChI is InChI=1S/C25H21Cl2N3O3/c1-15(25(31)28-13-16-9-10-22-23(11-16)33-14-32-22)30-21-8-3-2-7-20(21)29-24(30)12-17-18(26)5-4-6-19(17)27/h2-11,15H,12-14H2,1H3,(H,28,31)/t15-/m1/s1. The Morgan fingerprint density at radius 3 is 2.64 bits per heavy atom. The zero-order chi connectivity index (χ0) is 22.9. The number of benzene rings is 3. The van der Waals surface area contributed by atoms with Crippen LogP contribution < -0.4 is 14.8 Å². The van der Waals surface area contributed by atoms with Crippen molar-refractivity contribution >= 4 is 40.1 Å². The molecule has 1 amide bonds. The molecular weight excluding hydrogens is 461 g/mol. The lowest BCUT2D eigenvalue weighted by molar-refractivity contribution is -0.124. The van der Waals surface area contributed by atoms with E-state index in [1.807, 2.05) is 60.0 Å². The normalized spacial score (nSPS) is 13.3. The van der Waals surface area contributed by atoms with E-state index in [9.17, 15) is 4.79 Å². The molecule has 1 atom stereocenters. The van der Waals surface area contributed by atoms with Crippen molar-refractivity contribution in [3.05, 3.63) is 87.7 Å². The van der Waals surface area contributed by atoms with Crippen LogP contribution in [0.5, 0.6) is 11.5 Å². The van der Waals surface area contributed by atoms with Gasteiger partial charge in [-0.1, -0.05) is 47.5 Å². The summed E-state index contributed by atoms with van der Waals surface area (Å²) in [5, 5.41) is 4.16. The number of aromatic nitrogens is 2. The highest BCUT2D eigenvalue weighted by Crippen LogP contribution is 2.33. The van der Waals surface area contributed by atoms with Crippen molar-refractivity contribution in [2.75, 3.05) is 6.79 Å². The first kappa shape index (κ1) is 21.6. The van der Waals surface area contributed by atoms with Gasteiger partial charge in [0.2, 0.25) is 12.7 Å². The van der Waals surface area contributed by atoms with E-state index in [1.165, 1.54) is 0 Å². The second-order valence-electron chi connectivity index (χ2n) is 7.85. The quantitative estimate of drug-likeness (QED) is 0.392. The molecule has 8 heteroatoms. The summed E-state index contributed by atoms with van der Waals surface area (Å²) >= 11 is 12.8. The monoisotopic (exact) mass is 481 g/mol. The molecule has 0 saturated carbocycles. The summed E-state index contributed by atoms with van der Waals surface area (Å²) in [6.45, 7) is 2.45. The second kappa shape index (κ2) is 8.96. The number of hydrogen-bond acceptors (Lipinski definition) is 4. The zero-order valence-electron chi connectivity index (χ0n) is 17.8. The predicted molar refractivity (Wildman–Crippen MR) is 128 cm³/mol. The number of ether oxygens (including phenoxy) is 2. The molecule has 0 unspecified atom stereocenters.